The first kappa shape index (κ1) is 13.5. The van der Waals surface area contributed by atoms with Crippen molar-refractivity contribution in [3.05, 3.63) is 47.5 Å². The molecule has 0 saturated heterocycles. The molecule has 2 aromatic carbocycles. The predicted molar refractivity (Wildman–Crippen MR) is 65.2 cm³/mol. The van der Waals surface area contributed by atoms with E-state index in [-0.39, 0.29) is 16.5 Å². The van der Waals surface area contributed by atoms with Crippen molar-refractivity contribution in [2.24, 2.45) is 0 Å². The lowest BCUT2D eigenvalue weighted by Crippen LogP contribution is -2.17. The van der Waals surface area contributed by atoms with E-state index >= 15 is 0 Å². The topological polar surface area (TPSA) is 29.5 Å². The lowest BCUT2D eigenvalue weighted by atomic mass is 10.1. The van der Waals surface area contributed by atoms with Gasteiger partial charge in [-0.15, -0.1) is 13.2 Å². The fourth-order valence-corrected chi connectivity index (χ4v) is 1.68. The first-order chi connectivity index (χ1) is 8.85. The lowest BCUT2D eigenvalue weighted by Gasteiger charge is -2.10. The maximum Gasteiger partial charge on any atom is 0.573 e. The van der Waals surface area contributed by atoms with Crippen LogP contribution in [-0.2, 0) is 0 Å². The molecule has 0 aromatic heterocycles. The van der Waals surface area contributed by atoms with Gasteiger partial charge in [0.2, 0.25) is 0 Å². The molecule has 0 saturated carbocycles. The van der Waals surface area contributed by atoms with Crippen LogP contribution in [0, 0.1) is 0 Å². The van der Waals surface area contributed by atoms with Crippen molar-refractivity contribution in [3.63, 3.8) is 0 Å². The minimum atomic E-state index is -4.74. The molecule has 100 valence electrons. The molecule has 0 amide bonds. The van der Waals surface area contributed by atoms with Crippen LogP contribution in [0.25, 0.3) is 11.1 Å². The number of alkyl halides is 3. The number of phenols is 1. The number of aromatic hydroxyl groups is 1. The summed E-state index contributed by atoms with van der Waals surface area (Å²) < 4.78 is 40.2. The summed E-state index contributed by atoms with van der Waals surface area (Å²) in [4.78, 5) is 0. The second-order valence-electron chi connectivity index (χ2n) is 3.74. The standard InChI is InChI=1S/C13H8ClF3O2/c14-11-5-4-9(7-12(11)18)8-2-1-3-10(6-8)19-13(15,16)17/h1-7,18H. The molecule has 0 spiro atoms. The van der Waals surface area contributed by atoms with Crippen molar-refractivity contribution in [3.8, 4) is 22.6 Å². The van der Waals surface area contributed by atoms with E-state index in [1.165, 1.54) is 30.3 Å². The normalized spacial score (nSPS) is 11.4. The van der Waals surface area contributed by atoms with Gasteiger partial charge in [0.25, 0.3) is 0 Å². The Morgan fingerprint density at radius 3 is 2.32 bits per heavy atom. The van der Waals surface area contributed by atoms with Crippen LogP contribution in [0.2, 0.25) is 5.02 Å². The number of rotatable bonds is 2. The Bertz CT molecular complexity index is 597. The highest BCUT2D eigenvalue weighted by Crippen LogP contribution is 2.32. The Hall–Kier alpha value is -1.88. The van der Waals surface area contributed by atoms with Gasteiger partial charge in [-0.1, -0.05) is 29.8 Å². The summed E-state index contributed by atoms with van der Waals surface area (Å²) in [5, 5.41) is 9.65. The number of ether oxygens (including phenoxy) is 1. The summed E-state index contributed by atoms with van der Waals surface area (Å²) in [6.45, 7) is 0. The molecule has 0 bridgehead atoms. The van der Waals surface area contributed by atoms with Crippen LogP contribution < -0.4 is 4.74 Å². The van der Waals surface area contributed by atoms with E-state index < -0.39 is 6.36 Å². The van der Waals surface area contributed by atoms with Gasteiger partial charge in [-0.3, -0.25) is 0 Å². The van der Waals surface area contributed by atoms with Gasteiger partial charge in [0.1, 0.15) is 11.5 Å². The fourth-order valence-electron chi connectivity index (χ4n) is 1.57. The van der Waals surface area contributed by atoms with Crippen LogP contribution in [0.5, 0.6) is 11.5 Å². The number of hydrogen-bond acceptors (Lipinski definition) is 2. The molecule has 2 nitrogen and oxygen atoms in total. The average molecular weight is 289 g/mol. The number of halogens is 4. The zero-order valence-electron chi connectivity index (χ0n) is 9.41. The van der Waals surface area contributed by atoms with E-state index in [0.29, 0.717) is 11.1 Å². The maximum atomic E-state index is 12.1. The van der Waals surface area contributed by atoms with Crippen LogP contribution >= 0.6 is 11.6 Å². The molecular weight excluding hydrogens is 281 g/mol. The minimum Gasteiger partial charge on any atom is -0.506 e. The molecule has 0 aliphatic carbocycles. The van der Waals surface area contributed by atoms with Gasteiger partial charge in [0, 0.05) is 0 Å². The van der Waals surface area contributed by atoms with Crippen LogP contribution in [0.15, 0.2) is 42.5 Å². The molecule has 0 aliphatic heterocycles. The largest absolute Gasteiger partial charge is 0.573 e. The van der Waals surface area contributed by atoms with Gasteiger partial charge < -0.3 is 9.84 Å². The Balaban J connectivity index is 2.35. The molecule has 2 aromatic rings. The van der Waals surface area contributed by atoms with Gasteiger partial charge >= 0.3 is 6.36 Å². The summed E-state index contributed by atoms with van der Waals surface area (Å²) in [5.41, 5.74) is 1.02. The van der Waals surface area contributed by atoms with E-state index in [1.54, 1.807) is 12.1 Å². The molecule has 1 N–H and O–H groups in total. The summed E-state index contributed by atoms with van der Waals surface area (Å²) in [7, 11) is 0. The molecule has 0 aliphatic rings. The maximum absolute atomic E-state index is 12.1. The van der Waals surface area contributed by atoms with E-state index in [0.717, 1.165) is 0 Å². The van der Waals surface area contributed by atoms with E-state index in [4.69, 9.17) is 11.6 Å². The lowest BCUT2D eigenvalue weighted by molar-refractivity contribution is -0.274. The highest BCUT2D eigenvalue weighted by molar-refractivity contribution is 6.32. The van der Waals surface area contributed by atoms with Crippen LogP contribution in [-0.4, -0.2) is 11.5 Å². The summed E-state index contributed by atoms with van der Waals surface area (Å²) in [6, 6.07) is 9.89. The van der Waals surface area contributed by atoms with E-state index in [2.05, 4.69) is 4.74 Å². The monoisotopic (exact) mass is 288 g/mol. The van der Waals surface area contributed by atoms with Crippen molar-refractivity contribution < 1.29 is 23.0 Å². The smallest absolute Gasteiger partial charge is 0.506 e. The molecule has 0 atom stereocenters. The molecular formula is C13H8ClF3O2. The second-order valence-corrected chi connectivity index (χ2v) is 4.15. The quantitative estimate of drug-likeness (QED) is 0.874. The van der Waals surface area contributed by atoms with Crippen LogP contribution in [0.4, 0.5) is 13.2 Å². The van der Waals surface area contributed by atoms with Gasteiger partial charge in [-0.2, -0.15) is 0 Å². The second kappa shape index (κ2) is 5.01. The third-order valence-electron chi connectivity index (χ3n) is 2.35. The Kier molecular flexibility index (Phi) is 3.57. The van der Waals surface area contributed by atoms with E-state index in [1.807, 2.05) is 0 Å². The van der Waals surface area contributed by atoms with Gasteiger partial charge in [-0.25, -0.2) is 0 Å². The number of benzene rings is 2. The molecule has 19 heavy (non-hydrogen) atoms. The van der Waals surface area contributed by atoms with Crippen molar-refractivity contribution in [2.45, 2.75) is 6.36 Å². The third kappa shape index (κ3) is 3.54. The average Bonchev–Trinajstić information content (AvgIpc) is 2.31. The van der Waals surface area contributed by atoms with E-state index in [9.17, 15) is 18.3 Å². The van der Waals surface area contributed by atoms with Crippen molar-refractivity contribution >= 4 is 11.6 Å². The zero-order valence-corrected chi connectivity index (χ0v) is 10.2. The predicted octanol–water partition coefficient (Wildman–Crippen LogP) is 4.61. The van der Waals surface area contributed by atoms with Crippen molar-refractivity contribution in [1.82, 2.24) is 0 Å². The first-order valence-electron chi connectivity index (χ1n) is 5.20. The summed E-state index contributed by atoms with van der Waals surface area (Å²) >= 11 is 5.66. The van der Waals surface area contributed by atoms with Gasteiger partial charge in [0.05, 0.1) is 5.02 Å². The van der Waals surface area contributed by atoms with Crippen LogP contribution in [0.1, 0.15) is 0 Å². The highest BCUT2D eigenvalue weighted by atomic mass is 35.5. The number of phenolic OH excluding ortho intramolecular Hbond substituents is 1. The first-order valence-corrected chi connectivity index (χ1v) is 5.58. The molecule has 6 heteroatoms. The van der Waals surface area contributed by atoms with Crippen molar-refractivity contribution in [2.75, 3.05) is 0 Å². The molecule has 0 fully saturated rings. The zero-order chi connectivity index (χ0) is 14.0. The Labute approximate surface area is 112 Å². The number of hydrogen-bond donors (Lipinski definition) is 1. The molecule has 0 heterocycles. The van der Waals surface area contributed by atoms with Gasteiger partial charge in [0.15, 0.2) is 0 Å². The molecule has 0 unspecified atom stereocenters. The molecule has 0 radical (unpaired) electrons. The minimum absolute atomic E-state index is 0.138. The molecule has 2 rings (SSSR count). The highest BCUT2D eigenvalue weighted by Gasteiger charge is 2.31. The Morgan fingerprint density at radius 1 is 1.00 bits per heavy atom. The summed E-state index contributed by atoms with van der Waals surface area (Å²) in [6.07, 6.45) is -4.74. The summed E-state index contributed by atoms with van der Waals surface area (Å²) in [5.74, 6) is -0.458. The van der Waals surface area contributed by atoms with Crippen molar-refractivity contribution in [1.29, 1.82) is 0 Å². The van der Waals surface area contributed by atoms with Gasteiger partial charge in [-0.05, 0) is 35.4 Å². The van der Waals surface area contributed by atoms with Crippen LogP contribution in [0.3, 0.4) is 0 Å². The fraction of sp³-hybridized carbons (Fsp3) is 0.0769. The SMILES string of the molecule is Oc1cc(-c2cccc(OC(F)(F)F)c2)ccc1Cl. The Morgan fingerprint density at radius 2 is 1.68 bits per heavy atom. The third-order valence-corrected chi connectivity index (χ3v) is 2.67.